The number of carbonyl (C=O) groups is 2. The van der Waals surface area contributed by atoms with Gasteiger partial charge in [-0.05, 0) is 60.9 Å². The first kappa shape index (κ1) is 37.1. The molecule has 0 fully saturated rings. The number of sulfonamides is 1. The Kier molecular flexibility index (Phi) is 13.7. The van der Waals surface area contributed by atoms with Gasteiger partial charge in [-0.25, -0.2) is 8.42 Å². The number of methoxy groups -OCH3 is 3. The van der Waals surface area contributed by atoms with Gasteiger partial charge in [0.15, 0.2) is 11.5 Å². The minimum absolute atomic E-state index is 0.0167. The highest BCUT2D eigenvalue weighted by Crippen LogP contribution is 2.37. The van der Waals surface area contributed by atoms with Gasteiger partial charge in [-0.1, -0.05) is 61.1 Å². The van der Waals surface area contributed by atoms with Crippen molar-refractivity contribution in [2.75, 3.05) is 38.7 Å². The summed E-state index contributed by atoms with van der Waals surface area (Å²) in [5.41, 5.74) is 0.539. The molecule has 0 saturated heterocycles. The van der Waals surface area contributed by atoms with Gasteiger partial charge < -0.3 is 24.4 Å². The van der Waals surface area contributed by atoms with Gasteiger partial charge in [0.1, 0.15) is 18.3 Å². The van der Waals surface area contributed by atoms with Crippen LogP contribution in [-0.2, 0) is 26.2 Å². The van der Waals surface area contributed by atoms with Crippen molar-refractivity contribution in [3.63, 3.8) is 0 Å². The van der Waals surface area contributed by atoms with Crippen LogP contribution in [0.3, 0.4) is 0 Å². The Morgan fingerprint density at radius 1 is 0.848 bits per heavy atom. The van der Waals surface area contributed by atoms with Crippen molar-refractivity contribution in [3.8, 4) is 17.2 Å². The molecule has 0 spiro atoms. The Morgan fingerprint density at radius 2 is 1.48 bits per heavy atom. The first-order valence-corrected chi connectivity index (χ1v) is 17.1. The molecule has 3 rings (SSSR count). The highest BCUT2D eigenvalue weighted by molar-refractivity contribution is 7.92. The number of hydrogen-bond donors (Lipinski definition) is 1. The van der Waals surface area contributed by atoms with Gasteiger partial charge in [0.2, 0.25) is 11.8 Å². The summed E-state index contributed by atoms with van der Waals surface area (Å²) < 4.78 is 45.8. The second kappa shape index (κ2) is 17.0. The van der Waals surface area contributed by atoms with Crippen LogP contribution < -0.4 is 23.8 Å². The number of nitrogens with zero attached hydrogens (tertiary/aromatic N) is 2. The molecule has 0 saturated carbocycles. The van der Waals surface area contributed by atoms with E-state index in [0.717, 1.165) is 17.1 Å². The molecule has 0 heterocycles. The zero-order valence-corrected chi connectivity index (χ0v) is 29.4. The number of nitrogens with one attached hydrogen (secondary N) is 1. The van der Waals surface area contributed by atoms with Crippen molar-refractivity contribution >= 4 is 62.3 Å². The average molecular weight is 715 g/mol. The molecule has 10 nitrogen and oxygen atoms in total. The number of anilines is 1. The summed E-state index contributed by atoms with van der Waals surface area (Å²) in [6.45, 7) is 3.39. The van der Waals surface area contributed by atoms with Crippen LogP contribution in [0.5, 0.6) is 17.2 Å². The number of ether oxygens (including phenoxy) is 3. The molecule has 2 amide bonds. The molecule has 0 bridgehead atoms. The van der Waals surface area contributed by atoms with Gasteiger partial charge in [0.25, 0.3) is 10.0 Å². The van der Waals surface area contributed by atoms with Gasteiger partial charge >= 0.3 is 0 Å². The first-order chi connectivity index (χ1) is 21.9. The van der Waals surface area contributed by atoms with Crippen LogP contribution in [0.2, 0.25) is 15.1 Å². The van der Waals surface area contributed by atoms with E-state index in [1.54, 1.807) is 19.1 Å². The summed E-state index contributed by atoms with van der Waals surface area (Å²) in [6, 6.07) is 12.4. The molecular formula is C32H38Cl3N3O7S. The number of halogens is 3. The summed E-state index contributed by atoms with van der Waals surface area (Å²) in [7, 11) is -0.296. The number of benzene rings is 3. The third-order valence-electron chi connectivity index (χ3n) is 7.20. The normalized spacial score (nSPS) is 11.8. The molecule has 0 aliphatic rings. The Balaban J connectivity index is 2.17. The van der Waals surface area contributed by atoms with Crippen molar-refractivity contribution in [3.05, 3.63) is 75.2 Å². The molecule has 0 radical (unpaired) electrons. The van der Waals surface area contributed by atoms with Crippen LogP contribution in [-0.4, -0.2) is 65.6 Å². The van der Waals surface area contributed by atoms with E-state index in [0.29, 0.717) is 22.9 Å². The largest absolute Gasteiger partial charge is 0.495 e. The molecule has 3 aromatic carbocycles. The molecule has 1 unspecified atom stereocenters. The fourth-order valence-corrected chi connectivity index (χ4v) is 6.80. The van der Waals surface area contributed by atoms with E-state index in [1.807, 2.05) is 6.92 Å². The number of carbonyl (C=O) groups excluding carboxylic acids is 2. The maximum absolute atomic E-state index is 14.4. The maximum Gasteiger partial charge on any atom is 0.265 e. The SMILES string of the molecule is CCCCNC(=O)C(CC)N(Cc1ccc(Cl)cc1Cl)C(=O)CN(c1cc(Cl)ccc1OC)S(=O)(=O)c1ccc(OC)c(OC)c1. The molecule has 46 heavy (non-hydrogen) atoms. The van der Waals surface area contributed by atoms with Gasteiger partial charge in [0.05, 0.1) is 31.9 Å². The van der Waals surface area contributed by atoms with Crippen molar-refractivity contribution in [1.29, 1.82) is 0 Å². The number of rotatable bonds is 16. The van der Waals surface area contributed by atoms with Gasteiger partial charge in [-0.2, -0.15) is 0 Å². The maximum atomic E-state index is 14.4. The predicted octanol–water partition coefficient (Wildman–Crippen LogP) is 6.59. The van der Waals surface area contributed by atoms with E-state index in [4.69, 9.17) is 49.0 Å². The van der Waals surface area contributed by atoms with Crippen LogP contribution >= 0.6 is 34.8 Å². The minimum atomic E-state index is -4.48. The third-order valence-corrected chi connectivity index (χ3v) is 9.78. The molecule has 1 atom stereocenters. The zero-order chi connectivity index (χ0) is 34.0. The number of amides is 2. The lowest BCUT2D eigenvalue weighted by atomic mass is 10.1. The Labute approximate surface area is 285 Å². The second-order valence-corrected chi connectivity index (χ2v) is 13.3. The lowest BCUT2D eigenvalue weighted by Crippen LogP contribution is -2.52. The quantitative estimate of drug-likeness (QED) is 0.167. The van der Waals surface area contributed by atoms with E-state index in [1.165, 1.54) is 68.7 Å². The van der Waals surface area contributed by atoms with E-state index < -0.39 is 28.5 Å². The van der Waals surface area contributed by atoms with Crippen molar-refractivity contribution in [1.82, 2.24) is 10.2 Å². The average Bonchev–Trinajstić information content (AvgIpc) is 3.03. The van der Waals surface area contributed by atoms with Crippen molar-refractivity contribution in [2.45, 2.75) is 50.6 Å². The van der Waals surface area contributed by atoms with Crippen LogP contribution in [0.4, 0.5) is 5.69 Å². The highest BCUT2D eigenvalue weighted by Gasteiger charge is 2.35. The van der Waals surface area contributed by atoms with Crippen LogP contribution in [0.15, 0.2) is 59.5 Å². The van der Waals surface area contributed by atoms with Crippen LogP contribution in [0, 0.1) is 0 Å². The summed E-state index contributed by atoms with van der Waals surface area (Å²) in [4.78, 5) is 28.9. The van der Waals surface area contributed by atoms with Gasteiger partial charge in [-0.3, -0.25) is 13.9 Å². The van der Waals surface area contributed by atoms with E-state index in [2.05, 4.69) is 5.32 Å². The Hall–Kier alpha value is -3.38. The molecule has 1 N–H and O–H groups in total. The smallest absolute Gasteiger partial charge is 0.265 e. The summed E-state index contributed by atoms with van der Waals surface area (Å²) in [5, 5.41) is 3.79. The van der Waals surface area contributed by atoms with Crippen molar-refractivity contribution in [2.24, 2.45) is 0 Å². The molecule has 250 valence electrons. The molecular weight excluding hydrogens is 677 g/mol. The summed E-state index contributed by atoms with van der Waals surface area (Å²) in [6.07, 6.45) is 1.87. The van der Waals surface area contributed by atoms with E-state index in [-0.39, 0.29) is 51.0 Å². The summed E-state index contributed by atoms with van der Waals surface area (Å²) >= 11 is 18.9. The molecule has 0 aliphatic carbocycles. The topological polar surface area (TPSA) is 114 Å². The first-order valence-electron chi connectivity index (χ1n) is 14.5. The van der Waals surface area contributed by atoms with Crippen molar-refractivity contribution < 1.29 is 32.2 Å². The minimum Gasteiger partial charge on any atom is -0.495 e. The van der Waals surface area contributed by atoms with E-state index >= 15 is 0 Å². The molecule has 14 heteroatoms. The second-order valence-electron chi connectivity index (χ2n) is 10.2. The Morgan fingerprint density at radius 3 is 2.09 bits per heavy atom. The molecule has 3 aromatic rings. The monoisotopic (exact) mass is 713 g/mol. The number of unbranched alkanes of at least 4 members (excludes halogenated alkanes) is 1. The van der Waals surface area contributed by atoms with Gasteiger partial charge in [-0.15, -0.1) is 0 Å². The number of hydrogen-bond acceptors (Lipinski definition) is 7. The predicted molar refractivity (Wildman–Crippen MR) is 181 cm³/mol. The van der Waals surface area contributed by atoms with Gasteiger partial charge in [0, 0.05) is 34.2 Å². The summed E-state index contributed by atoms with van der Waals surface area (Å²) in [5.74, 6) is -0.409. The fourth-order valence-electron chi connectivity index (χ4n) is 4.73. The standard InChI is InChI=1S/C32H38Cl3N3O7S/c1-6-8-15-36-32(40)26(7-2)37(19-21-9-10-22(33)16-25(21)35)31(39)20-38(27-17-23(34)11-13-28(27)43-3)46(41,42)24-12-14-29(44-4)30(18-24)45-5/h9-14,16-18,26H,6-8,15,19-20H2,1-5H3,(H,36,40). The Bertz CT molecular complexity index is 1640. The lowest BCUT2D eigenvalue weighted by Gasteiger charge is -2.33. The third kappa shape index (κ3) is 8.90. The fraction of sp³-hybridized carbons (Fsp3) is 0.375. The molecule has 0 aliphatic heterocycles. The van der Waals surface area contributed by atoms with E-state index in [9.17, 15) is 18.0 Å². The molecule has 0 aromatic heterocycles. The van der Waals surface area contributed by atoms with Crippen LogP contribution in [0.1, 0.15) is 38.7 Å². The highest BCUT2D eigenvalue weighted by atomic mass is 35.5. The lowest BCUT2D eigenvalue weighted by molar-refractivity contribution is -0.140. The van der Waals surface area contributed by atoms with Crippen LogP contribution in [0.25, 0.3) is 0 Å². The zero-order valence-electron chi connectivity index (χ0n) is 26.3.